The highest BCUT2D eigenvalue weighted by atomic mass is 15.1. The summed E-state index contributed by atoms with van der Waals surface area (Å²) in [4.78, 5) is 2.66. The first-order valence-corrected chi connectivity index (χ1v) is 6.48. The Kier molecular flexibility index (Phi) is 3.09. The average molecular weight is 210 g/mol. The van der Waals surface area contributed by atoms with E-state index in [9.17, 15) is 0 Å². The summed E-state index contributed by atoms with van der Waals surface area (Å²) in [7, 11) is 0. The van der Waals surface area contributed by atoms with E-state index in [1.807, 2.05) is 0 Å². The zero-order valence-corrected chi connectivity index (χ0v) is 10.4. The molecule has 0 spiro atoms. The van der Waals surface area contributed by atoms with E-state index in [-0.39, 0.29) is 0 Å². The monoisotopic (exact) mass is 210 g/mol. The van der Waals surface area contributed by atoms with Crippen LogP contribution in [-0.2, 0) is 0 Å². The van der Waals surface area contributed by atoms with Crippen LogP contribution in [0.3, 0.4) is 0 Å². The molecule has 0 atom stereocenters. The molecule has 2 N–H and O–H groups in total. The van der Waals surface area contributed by atoms with Gasteiger partial charge < -0.3 is 10.6 Å². The molecular weight excluding hydrogens is 184 g/mol. The van der Waals surface area contributed by atoms with Crippen LogP contribution in [-0.4, -0.2) is 31.1 Å². The lowest BCUT2D eigenvalue weighted by atomic mass is 9.68. The highest BCUT2D eigenvalue weighted by molar-refractivity contribution is 4.93. The largest absolute Gasteiger partial charge is 0.330 e. The van der Waals surface area contributed by atoms with Crippen molar-refractivity contribution in [1.29, 1.82) is 0 Å². The lowest BCUT2D eigenvalue weighted by molar-refractivity contribution is 0.0318. The maximum Gasteiger partial charge on any atom is 0.00503 e. The first kappa shape index (κ1) is 11.4. The van der Waals surface area contributed by atoms with Gasteiger partial charge in [0.1, 0.15) is 0 Å². The van der Waals surface area contributed by atoms with E-state index in [0.29, 0.717) is 10.8 Å². The molecule has 2 fully saturated rings. The minimum absolute atomic E-state index is 0.493. The fraction of sp³-hybridized carbons (Fsp3) is 1.00. The van der Waals surface area contributed by atoms with Gasteiger partial charge in [-0.3, -0.25) is 0 Å². The molecule has 0 aromatic carbocycles. The average Bonchev–Trinajstić information content (AvgIpc) is 2.10. The van der Waals surface area contributed by atoms with Gasteiger partial charge in [0, 0.05) is 13.1 Å². The summed E-state index contributed by atoms with van der Waals surface area (Å²) in [5.74, 6) is 0. The third kappa shape index (κ3) is 2.54. The van der Waals surface area contributed by atoms with Gasteiger partial charge in [-0.25, -0.2) is 0 Å². The quantitative estimate of drug-likeness (QED) is 0.774. The molecule has 2 rings (SSSR count). The van der Waals surface area contributed by atoms with Crippen molar-refractivity contribution in [3.8, 4) is 0 Å². The molecule has 0 unspecified atom stereocenters. The van der Waals surface area contributed by atoms with Crippen molar-refractivity contribution in [2.45, 2.75) is 46.0 Å². The standard InChI is InChI=1S/C13H26N2/c1-12(2)5-4-8-15(10-12)11-13(9-14)6-3-7-13/h3-11,14H2,1-2H3. The number of likely N-dealkylation sites (tertiary alicyclic amines) is 1. The van der Waals surface area contributed by atoms with E-state index >= 15 is 0 Å². The highest BCUT2D eigenvalue weighted by Crippen LogP contribution is 2.41. The van der Waals surface area contributed by atoms with Gasteiger partial charge in [-0.05, 0) is 49.6 Å². The number of piperidine rings is 1. The molecular formula is C13H26N2. The second-order valence-electron chi connectivity index (χ2n) is 6.54. The second-order valence-corrected chi connectivity index (χ2v) is 6.54. The van der Waals surface area contributed by atoms with E-state index in [1.165, 1.54) is 51.7 Å². The van der Waals surface area contributed by atoms with Gasteiger partial charge in [0.15, 0.2) is 0 Å². The normalized spacial score (nSPS) is 29.8. The van der Waals surface area contributed by atoms with Crippen LogP contribution < -0.4 is 5.73 Å². The molecule has 1 saturated carbocycles. The van der Waals surface area contributed by atoms with Crippen LogP contribution in [0.15, 0.2) is 0 Å². The molecule has 1 heterocycles. The zero-order chi connectivity index (χ0) is 10.9. The van der Waals surface area contributed by atoms with Gasteiger partial charge in [-0.2, -0.15) is 0 Å². The maximum absolute atomic E-state index is 5.93. The van der Waals surface area contributed by atoms with Crippen molar-refractivity contribution in [2.75, 3.05) is 26.2 Å². The van der Waals surface area contributed by atoms with Crippen LogP contribution in [0.1, 0.15) is 46.0 Å². The molecule has 0 radical (unpaired) electrons. The lowest BCUT2D eigenvalue weighted by Gasteiger charge is -2.47. The van der Waals surface area contributed by atoms with Crippen molar-refractivity contribution >= 4 is 0 Å². The first-order chi connectivity index (χ1) is 7.05. The summed E-state index contributed by atoms with van der Waals surface area (Å²) in [5.41, 5.74) is 6.95. The first-order valence-electron chi connectivity index (χ1n) is 6.48. The minimum atomic E-state index is 0.493. The third-order valence-corrected chi connectivity index (χ3v) is 4.39. The summed E-state index contributed by atoms with van der Waals surface area (Å²) < 4.78 is 0. The van der Waals surface area contributed by atoms with Crippen LogP contribution >= 0.6 is 0 Å². The van der Waals surface area contributed by atoms with E-state index < -0.39 is 0 Å². The number of rotatable bonds is 3. The molecule has 0 bridgehead atoms. The molecule has 88 valence electrons. The molecule has 2 aliphatic rings. The van der Waals surface area contributed by atoms with Crippen molar-refractivity contribution in [3.63, 3.8) is 0 Å². The maximum atomic E-state index is 5.93. The van der Waals surface area contributed by atoms with Crippen molar-refractivity contribution in [2.24, 2.45) is 16.6 Å². The minimum Gasteiger partial charge on any atom is -0.330 e. The molecule has 1 saturated heterocycles. The molecule has 2 nitrogen and oxygen atoms in total. The number of hydrogen-bond donors (Lipinski definition) is 1. The topological polar surface area (TPSA) is 29.3 Å². The lowest BCUT2D eigenvalue weighted by Crippen LogP contribution is -2.51. The predicted molar refractivity (Wildman–Crippen MR) is 64.8 cm³/mol. The van der Waals surface area contributed by atoms with Crippen LogP contribution in [0.2, 0.25) is 0 Å². The summed E-state index contributed by atoms with van der Waals surface area (Å²) in [6, 6.07) is 0. The summed E-state index contributed by atoms with van der Waals surface area (Å²) in [5, 5.41) is 0. The number of nitrogens with zero attached hydrogens (tertiary/aromatic N) is 1. The molecule has 1 aliphatic heterocycles. The summed E-state index contributed by atoms with van der Waals surface area (Å²) in [6.07, 6.45) is 6.88. The molecule has 0 amide bonds. The van der Waals surface area contributed by atoms with Crippen molar-refractivity contribution < 1.29 is 0 Å². The van der Waals surface area contributed by atoms with Gasteiger partial charge >= 0.3 is 0 Å². The van der Waals surface area contributed by atoms with Crippen LogP contribution in [0.5, 0.6) is 0 Å². The highest BCUT2D eigenvalue weighted by Gasteiger charge is 2.38. The second kappa shape index (κ2) is 4.06. The van der Waals surface area contributed by atoms with Crippen LogP contribution in [0.4, 0.5) is 0 Å². The molecule has 1 aliphatic carbocycles. The number of hydrogen-bond acceptors (Lipinski definition) is 2. The fourth-order valence-electron chi connectivity index (χ4n) is 3.26. The SMILES string of the molecule is CC1(C)CCCN(CC2(CN)CCC2)C1. The molecule has 15 heavy (non-hydrogen) atoms. The summed E-state index contributed by atoms with van der Waals surface area (Å²) in [6.45, 7) is 9.51. The van der Waals surface area contributed by atoms with Crippen molar-refractivity contribution in [3.05, 3.63) is 0 Å². The Labute approximate surface area is 94.2 Å². The van der Waals surface area contributed by atoms with Crippen molar-refractivity contribution in [1.82, 2.24) is 4.90 Å². The van der Waals surface area contributed by atoms with Crippen LogP contribution in [0, 0.1) is 10.8 Å². The molecule has 2 heteroatoms. The Morgan fingerprint density at radius 1 is 1.13 bits per heavy atom. The molecule has 0 aromatic heterocycles. The van der Waals surface area contributed by atoms with E-state index in [4.69, 9.17) is 5.73 Å². The molecule has 0 aromatic rings. The Bertz CT molecular complexity index is 213. The smallest absolute Gasteiger partial charge is 0.00503 e. The summed E-state index contributed by atoms with van der Waals surface area (Å²) >= 11 is 0. The van der Waals surface area contributed by atoms with E-state index in [0.717, 1.165) is 6.54 Å². The Morgan fingerprint density at radius 2 is 1.87 bits per heavy atom. The Balaban J connectivity index is 1.88. The Hall–Kier alpha value is -0.0800. The van der Waals surface area contributed by atoms with Gasteiger partial charge in [0.25, 0.3) is 0 Å². The third-order valence-electron chi connectivity index (χ3n) is 4.39. The van der Waals surface area contributed by atoms with Crippen LogP contribution in [0.25, 0.3) is 0 Å². The predicted octanol–water partition coefficient (Wildman–Crippen LogP) is 2.24. The van der Waals surface area contributed by atoms with Gasteiger partial charge in [-0.15, -0.1) is 0 Å². The number of nitrogens with two attached hydrogens (primary N) is 1. The van der Waals surface area contributed by atoms with E-state index in [1.54, 1.807) is 0 Å². The zero-order valence-electron chi connectivity index (χ0n) is 10.4. The Morgan fingerprint density at radius 3 is 2.33 bits per heavy atom. The van der Waals surface area contributed by atoms with Gasteiger partial charge in [-0.1, -0.05) is 20.3 Å². The fourth-order valence-corrected chi connectivity index (χ4v) is 3.26. The van der Waals surface area contributed by atoms with Gasteiger partial charge in [0.05, 0.1) is 0 Å². The van der Waals surface area contributed by atoms with Gasteiger partial charge in [0.2, 0.25) is 0 Å². The van der Waals surface area contributed by atoms with E-state index in [2.05, 4.69) is 18.7 Å².